The van der Waals surface area contributed by atoms with E-state index in [1.165, 1.54) is 11.3 Å². The molecule has 0 radical (unpaired) electrons. The van der Waals surface area contributed by atoms with Gasteiger partial charge in [-0.1, -0.05) is 59.9 Å². The average molecular weight is 377 g/mol. The molecule has 4 rings (SSSR count). The van der Waals surface area contributed by atoms with E-state index in [4.69, 9.17) is 0 Å². The van der Waals surface area contributed by atoms with Crippen molar-refractivity contribution in [2.45, 2.75) is 12.8 Å². The Bertz CT molecular complexity index is 1150. The van der Waals surface area contributed by atoms with Crippen LogP contribution in [0.4, 0.5) is 5.13 Å². The van der Waals surface area contributed by atoms with Crippen molar-refractivity contribution in [3.8, 4) is 0 Å². The maximum absolute atomic E-state index is 12.4. The van der Waals surface area contributed by atoms with Gasteiger partial charge >= 0.3 is 0 Å². The third kappa shape index (κ3) is 3.90. The van der Waals surface area contributed by atoms with E-state index >= 15 is 0 Å². The Balaban J connectivity index is 1.46. The molecule has 0 unspecified atom stereocenters. The Morgan fingerprint density at radius 2 is 1.74 bits per heavy atom. The quantitative estimate of drug-likeness (QED) is 0.557. The van der Waals surface area contributed by atoms with Crippen LogP contribution in [0.1, 0.15) is 16.3 Å². The maximum Gasteiger partial charge on any atom is 0.272 e. The average Bonchev–Trinajstić information content (AvgIpc) is 3.12. The molecule has 27 heavy (non-hydrogen) atoms. The van der Waals surface area contributed by atoms with Gasteiger partial charge in [0.2, 0.25) is 11.0 Å². The molecule has 2 heterocycles. The fraction of sp³-hybridized carbons (Fsp3) is 0.105. The first-order chi connectivity index (χ1) is 13.2. The number of aromatic nitrogens is 4. The Morgan fingerprint density at radius 1 is 1.00 bits per heavy atom. The summed E-state index contributed by atoms with van der Waals surface area (Å²) in [5.41, 5.74) is 1.37. The Kier molecular flexibility index (Phi) is 4.71. The third-order valence-electron chi connectivity index (χ3n) is 4.01. The summed E-state index contributed by atoms with van der Waals surface area (Å²) in [6.07, 6.45) is 0.700. The molecule has 0 saturated heterocycles. The van der Waals surface area contributed by atoms with Gasteiger partial charge in [-0.05, 0) is 11.6 Å². The summed E-state index contributed by atoms with van der Waals surface area (Å²) < 4.78 is 0. The molecule has 0 aliphatic heterocycles. The lowest BCUT2D eigenvalue weighted by Gasteiger charge is -2.04. The molecule has 4 aromatic rings. The molecule has 2 aromatic carbocycles. The van der Waals surface area contributed by atoms with Crippen molar-refractivity contribution in [2.24, 2.45) is 0 Å². The van der Waals surface area contributed by atoms with Crippen LogP contribution in [0.3, 0.4) is 0 Å². The SMILES string of the molecule is O=C(Cc1n[nH]c(=O)c2ccccc12)Nc1nnc(Cc2ccccc2)s1. The number of carbonyl (C=O) groups excluding carboxylic acids is 1. The fourth-order valence-corrected chi connectivity index (χ4v) is 3.56. The standard InChI is InChI=1S/C19H15N5O2S/c25-16(11-15-13-8-4-5-9-14(13)18(26)23-21-15)20-19-24-22-17(27-19)10-12-6-2-1-3-7-12/h1-9H,10-11H2,(H,23,26)(H,20,24,25). The minimum absolute atomic E-state index is 0.0326. The second kappa shape index (κ2) is 7.46. The Labute approximate surface area is 158 Å². The largest absolute Gasteiger partial charge is 0.300 e. The highest BCUT2D eigenvalue weighted by atomic mass is 32.1. The third-order valence-corrected chi connectivity index (χ3v) is 4.85. The summed E-state index contributed by atoms with van der Waals surface area (Å²) >= 11 is 1.34. The number of H-pyrrole nitrogens is 1. The normalized spacial score (nSPS) is 10.8. The van der Waals surface area contributed by atoms with Gasteiger partial charge in [0.25, 0.3) is 5.56 Å². The second-order valence-electron chi connectivity index (χ2n) is 5.93. The zero-order valence-corrected chi connectivity index (χ0v) is 15.0. The first kappa shape index (κ1) is 17.0. The van der Waals surface area contributed by atoms with E-state index in [1.807, 2.05) is 36.4 Å². The molecule has 0 saturated carbocycles. The molecular formula is C19H15N5O2S. The number of nitrogens with zero attached hydrogens (tertiary/aromatic N) is 3. The summed E-state index contributed by atoms with van der Waals surface area (Å²) in [6, 6.07) is 17.0. The van der Waals surface area contributed by atoms with Crippen LogP contribution in [-0.4, -0.2) is 26.3 Å². The highest BCUT2D eigenvalue weighted by Gasteiger charge is 2.13. The molecule has 8 heteroatoms. The molecular weight excluding hydrogens is 362 g/mol. The van der Waals surface area contributed by atoms with Gasteiger partial charge in [0, 0.05) is 11.8 Å². The predicted octanol–water partition coefficient (Wildman–Crippen LogP) is 2.55. The Morgan fingerprint density at radius 3 is 2.56 bits per heavy atom. The van der Waals surface area contributed by atoms with Gasteiger partial charge < -0.3 is 5.32 Å². The van der Waals surface area contributed by atoms with Crippen molar-refractivity contribution in [3.63, 3.8) is 0 Å². The first-order valence-corrected chi connectivity index (χ1v) is 9.13. The van der Waals surface area contributed by atoms with E-state index < -0.39 is 0 Å². The number of fused-ring (bicyclic) bond motifs is 1. The maximum atomic E-state index is 12.4. The molecule has 1 amide bonds. The summed E-state index contributed by atoms with van der Waals surface area (Å²) in [5.74, 6) is -0.262. The van der Waals surface area contributed by atoms with Crippen molar-refractivity contribution in [3.05, 3.63) is 81.2 Å². The van der Waals surface area contributed by atoms with E-state index in [2.05, 4.69) is 25.7 Å². The highest BCUT2D eigenvalue weighted by molar-refractivity contribution is 7.15. The molecule has 0 atom stereocenters. The van der Waals surface area contributed by atoms with Gasteiger partial charge in [0.1, 0.15) is 5.01 Å². The molecule has 0 aliphatic carbocycles. The molecule has 2 aromatic heterocycles. The molecule has 134 valence electrons. The van der Waals surface area contributed by atoms with E-state index in [0.29, 0.717) is 28.0 Å². The lowest BCUT2D eigenvalue weighted by atomic mass is 10.1. The van der Waals surface area contributed by atoms with Gasteiger partial charge in [0.15, 0.2) is 0 Å². The number of amides is 1. The fourth-order valence-electron chi connectivity index (χ4n) is 2.77. The van der Waals surface area contributed by atoms with Gasteiger partial charge in [-0.15, -0.1) is 10.2 Å². The number of hydrogen-bond donors (Lipinski definition) is 2. The zero-order chi connectivity index (χ0) is 18.6. The second-order valence-corrected chi connectivity index (χ2v) is 7.00. The summed E-state index contributed by atoms with van der Waals surface area (Å²) in [4.78, 5) is 24.2. The minimum Gasteiger partial charge on any atom is -0.300 e. The monoisotopic (exact) mass is 377 g/mol. The molecule has 0 aliphatic rings. The van der Waals surface area contributed by atoms with Crippen molar-refractivity contribution < 1.29 is 4.79 Å². The molecule has 0 fully saturated rings. The highest BCUT2D eigenvalue weighted by Crippen LogP contribution is 2.19. The number of hydrogen-bond acceptors (Lipinski definition) is 6. The summed E-state index contributed by atoms with van der Waals surface area (Å²) in [5, 5.41) is 19.8. The van der Waals surface area contributed by atoms with Crippen LogP contribution < -0.4 is 10.9 Å². The minimum atomic E-state index is -0.274. The number of anilines is 1. The van der Waals surface area contributed by atoms with E-state index in [9.17, 15) is 9.59 Å². The predicted molar refractivity (Wildman–Crippen MR) is 104 cm³/mol. The molecule has 2 N–H and O–H groups in total. The molecule has 0 spiro atoms. The number of aromatic amines is 1. The lowest BCUT2D eigenvalue weighted by molar-refractivity contribution is -0.115. The van der Waals surface area contributed by atoms with Crippen molar-refractivity contribution >= 4 is 33.1 Å². The van der Waals surface area contributed by atoms with Crippen molar-refractivity contribution in [2.75, 3.05) is 5.32 Å². The lowest BCUT2D eigenvalue weighted by Crippen LogP contribution is -2.18. The smallest absolute Gasteiger partial charge is 0.272 e. The van der Waals surface area contributed by atoms with Gasteiger partial charge in [-0.2, -0.15) is 5.10 Å². The van der Waals surface area contributed by atoms with Crippen LogP contribution in [-0.2, 0) is 17.6 Å². The van der Waals surface area contributed by atoms with Crippen LogP contribution >= 0.6 is 11.3 Å². The first-order valence-electron chi connectivity index (χ1n) is 8.31. The van der Waals surface area contributed by atoms with Crippen molar-refractivity contribution in [1.29, 1.82) is 0 Å². The van der Waals surface area contributed by atoms with Crippen LogP contribution in [0.15, 0.2) is 59.4 Å². The van der Waals surface area contributed by atoms with Gasteiger partial charge in [-0.3, -0.25) is 9.59 Å². The van der Waals surface area contributed by atoms with E-state index in [1.54, 1.807) is 18.2 Å². The number of carbonyl (C=O) groups is 1. The molecule has 0 bridgehead atoms. The van der Waals surface area contributed by atoms with Gasteiger partial charge in [-0.25, -0.2) is 5.10 Å². The summed E-state index contributed by atoms with van der Waals surface area (Å²) in [6.45, 7) is 0. The molecule has 7 nitrogen and oxygen atoms in total. The zero-order valence-electron chi connectivity index (χ0n) is 14.2. The Hall–Kier alpha value is -3.39. The van der Waals surface area contributed by atoms with E-state index in [-0.39, 0.29) is 17.9 Å². The van der Waals surface area contributed by atoms with Crippen LogP contribution in [0.25, 0.3) is 10.8 Å². The topological polar surface area (TPSA) is 101 Å². The number of benzene rings is 2. The van der Waals surface area contributed by atoms with Crippen LogP contribution in [0, 0.1) is 0 Å². The number of nitrogens with one attached hydrogen (secondary N) is 2. The van der Waals surface area contributed by atoms with Crippen molar-refractivity contribution in [1.82, 2.24) is 20.4 Å². The van der Waals surface area contributed by atoms with Crippen LogP contribution in [0.2, 0.25) is 0 Å². The van der Waals surface area contributed by atoms with E-state index in [0.717, 1.165) is 10.6 Å². The van der Waals surface area contributed by atoms with Gasteiger partial charge in [0.05, 0.1) is 17.5 Å². The summed E-state index contributed by atoms with van der Waals surface area (Å²) in [7, 11) is 0. The number of rotatable bonds is 5. The van der Waals surface area contributed by atoms with Crippen LogP contribution in [0.5, 0.6) is 0 Å².